The van der Waals surface area contributed by atoms with Crippen LogP contribution in [0.1, 0.15) is 37.3 Å². The zero-order valence-corrected chi connectivity index (χ0v) is 36.5. The minimum Gasteiger partial charge on any atom is -0.314 e. The maximum Gasteiger partial charge on any atom is 0.0462 e. The molecule has 64 heavy (non-hydrogen) atoms. The summed E-state index contributed by atoms with van der Waals surface area (Å²) in [5.74, 6) is 1.15. The Hall–Kier alpha value is -7.68. The van der Waals surface area contributed by atoms with Gasteiger partial charge in [-0.15, -0.1) is 0 Å². The molecule has 10 rings (SSSR count). The first kappa shape index (κ1) is 40.4. The SMILES string of the molecule is CC1CC(N(c2ccc(-c3ccccc3)cc2)c2ccc(-c3ccccc3)cc2)=CC=C1c1ccc(N(c2ccc(-c3ccccc3)cc2)c2ccc(C3C=CC=CC3C)cc2)cc1. The van der Waals surface area contributed by atoms with Crippen LogP contribution in [0.5, 0.6) is 0 Å². The van der Waals surface area contributed by atoms with E-state index in [0.29, 0.717) is 17.8 Å². The highest BCUT2D eigenvalue weighted by atomic mass is 15.2. The van der Waals surface area contributed by atoms with Gasteiger partial charge in [0.2, 0.25) is 0 Å². The van der Waals surface area contributed by atoms with Crippen molar-refractivity contribution in [2.75, 3.05) is 9.80 Å². The standard InChI is InChI=1S/C62H52N2/c1-45-14-12-13-21-61(45)53-28-38-56(39-29-53)63(55-32-22-50(23-33-55)47-15-6-3-7-16-47)57-40-30-54(31-41-57)62-43-42-60(44-46(62)2)64(58-34-24-51(25-35-58)48-17-8-4-9-18-48)59-36-26-52(27-37-59)49-19-10-5-11-20-49/h3-43,45-46,61H,44H2,1-2H3. The van der Waals surface area contributed by atoms with Crippen LogP contribution in [-0.4, -0.2) is 0 Å². The highest BCUT2D eigenvalue weighted by Crippen LogP contribution is 2.42. The van der Waals surface area contributed by atoms with Gasteiger partial charge in [-0.3, -0.25) is 0 Å². The minimum absolute atomic E-state index is 0.306. The third kappa shape index (κ3) is 8.56. The average Bonchev–Trinajstić information content (AvgIpc) is 3.36. The van der Waals surface area contributed by atoms with Crippen LogP contribution < -0.4 is 9.80 Å². The van der Waals surface area contributed by atoms with Crippen molar-refractivity contribution in [2.45, 2.75) is 26.2 Å². The van der Waals surface area contributed by atoms with Gasteiger partial charge in [-0.2, -0.15) is 0 Å². The Morgan fingerprint density at radius 1 is 0.344 bits per heavy atom. The van der Waals surface area contributed by atoms with Gasteiger partial charge in [-0.05, 0) is 135 Å². The number of anilines is 5. The van der Waals surface area contributed by atoms with Crippen molar-refractivity contribution in [1.29, 1.82) is 0 Å². The summed E-state index contributed by atoms with van der Waals surface area (Å²) in [6, 6.07) is 77.1. The van der Waals surface area contributed by atoms with Crippen LogP contribution in [-0.2, 0) is 0 Å². The van der Waals surface area contributed by atoms with Crippen LogP contribution in [0.3, 0.4) is 0 Å². The molecule has 0 aromatic heterocycles. The highest BCUT2D eigenvalue weighted by molar-refractivity contribution is 5.82. The van der Waals surface area contributed by atoms with E-state index < -0.39 is 0 Å². The van der Waals surface area contributed by atoms with E-state index in [9.17, 15) is 0 Å². The highest BCUT2D eigenvalue weighted by Gasteiger charge is 2.24. The van der Waals surface area contributed by atoms with Gasteiger partial charge in [0.25, 0.3) is 0 Å². The molecule has 0 N–H and O–H groups in total. The van der Waals surface area contributed by atoms with Crippen molar-refractivity contribution in [3.05, 3.63) is 266 Å². The summed E-state index contributed by atoms with van der Waals surface area (Å²) in [5, 5.41) is 0. The van der Waals surface area contributed by atoms with E-state index in [4.69, 9.17) is 0 Å². The average molecular weight is 825 g/mol. The van der Waals surface area contributed by atoms with Crippen molar-refractivity contribution in [3.63, 3.8) is 0 Å². The molecular formula is C62H52N2. The van der Waals surface area contributed by atoms with Gasteiger partial charge < -0.3 is 9.80 Å². The molecule has 310 valence electrons. The van der Waals surface area contributed by atoms with E-state index >= 15 is 0 Å². The van der Waals surface area contributed by atoms with Crippen LogP contribution in [0.2, 0.25) is 0 Å². The molecule has 2 aliphatic carbocycles. The summed E-state index contributed by atoms with van der Waals surface area (Å²) >= 11 is 0. The Bertz CT molecular complexity index is 2840. The molecule has 0 bridgehead atoms. The predicted octanol–water partition coefficient (Wildman–Crippen LogP) is 17.1. The molecule has 0 saturated heterocycles. The first-order valence-corrected chi connectivity index (χ1v) is 22.6. The molecule has 2 aliphatic rings. The van der Waals surface area contributed by atoms with Gasteiger partial charge in [0.15, 0.2) is 0 Å². The molecule has 8 aromatic carbocycles. The number of hydrogen-bond acceptors (Lipinski definition) is 2. The molecule has 2 nitrogen and oxygen atoms in total. The zero-order chi connectivity index (χ0) is 43.2. The Morgan fingerprint density at radius 2 is 0.703 bits per heavy atom. The number of rotatable bonds is 11. The summed E-state index contributed by atoms with van der Waals surface area (Å²) in [4.78, 5) is 4.81. The van der Waals surface area contributed by atoms with Crippen molar-refractivity contribution < 1.29 is 0 Å². The molecule has 8 aromatic rings. The third-order valence-corrected chi connectivity index (χ3v) is 12.9. The van der Waals surface area contributed by atoms with E-state index in [0.717, 1.165) is 34.9 Å². The van der Waals surface area contributed by atoms with Crippen LogP contribution in [0.15, 0.2) is 254 Å². The molecule has 0 radical (unpaired) electrons. The van der Waals surface area contributed by atoms with Gasteiger partial charge >= 0.3 is 0 Å². The fourth-order valence-corrected chi connectivity index (χ4v) is 9.40. The summed E-state index contributed by atoms with van der Waals surface area (Å²) in [5.41, 5.74) is 18.2. The maximum absolute atomic E-state index is 2.44. The minimum atomic E-state index is 0.306. The zero-order valence-electron chi connectivity index (χ0n) is 36.5. The van der Waals surface area contributed by atoms with Gasteiger partial charge in [-0.25, -0.2) is 0 Å². The number of nitrogens with zero attached hydrogens (tertiary/aromatic N) is 2. The van der Waals surface area contributed by atoms with Crippen molar-refractivity contribution >= 4 is 34.0 Å². The summed E-state index contributed by atoms with van der Waals surface area (Å²) in [6.07, 6.45) is 14.5. The third-order valence-electron chi connectivity index (χ3n) is 12.9. The molecule has 2 heteroatoms. The lowest BCUT2D eigenvalue weighted by Gasteiger charge is -2.33. The molecule has 0 saturated carbocycles. The van der Waals surface area contributed by atoms with Crippen LogP contribution in [0.4, 0.5) is 28.4 Å². The fraction of sp³-hybridized carbons (Fsp3) is 0.0968. The Balaban J connectivity index is 0.967. The maximum atomic E-state index is 2.44. The molecule has 0 heterocycles. The fourth-order valence-electron chi connectivity index (χ4n) is 9.40. The molecule has 3 unspecified atom stereocenters. The lowest BCUT2D eigenvalue weighted by atomic mass is 9.84. The lowest BCUT2D eigenvalue weighted by Crippen LogP contribution is -2.20. The van der Waals surface area contributed by atoms with Gasteiger partial charge in [0, 0.05) is 40.1 Å². The molecule has 0 spiro atoms. The summed E-state index contributed by atoms with van der Waals surface area (Å²) in [6.45, 7) is 4.66. The van der Waals surface area contributed by atoms with E-state index in [1.54, 1.807) is 0 Å². The normalized spacial score (nSPS) is 16.8. The topological polar surface area (TPSA) is 6.48 Å². The van der Waals surface area contributed by atoms with E-state index in [1.165, 1.54) is 55.8 Å². The van der Waals surface area contributed by atoms with Crippen LogP contribution in [0, 0.1) is 11.8 Å². The Labute approximate surface area is 379 Å². The number of benzene rings is 8. The van der Waals surface area contributed by atoms with Gasteiger partial charge in [0.05, 0.1) is 0 Å². The molecular weight excluding hydrogens is 773 g/mol. The van der Waals surface area contributed by atoms with Gasteiger partial charge in [0.1, 0.15) is 0 Å². The second-order valence-corrected chi connectivity index (χ2v) is 17.1. The molecule has 0 amide bonds. The van der Waals surface area contributed by atoms with Gasteiger partial charge in [-0.1, -0.05) is 196 Å². The van der Waals surface area contributed by atoms with Crippen molar-refractivity contribution in [3.8, 4) is 33.4 Å². The largest absolute Gasteiger partial charge is 0.314 e. The van der Waals surface area contributed by atoms with Crippen molar-refractivity contribution in [2.24, 2.45) is 11.8 Å². The second-order valence-electron chi connectivity index (χ2n) is 17.1. The predicted molar refractivity (Wildman–Crippen MR) is 272 cm³/mol. The first-order valence-electron chi connectivity index (χ1n) is 22.6. The number of hydrogen-bond donors (Lipinski definition) is 0. The van der Waals surface area contributed by atoms with Crippen LogP contribution in [0.25, 0.3) is 39.0 Å². The van der Waals surface area contributed by atoms with Crippen molar-refractivity contribution in [1.82, 2.24) is 0 Å². The Morgan fingerprint density at radius 3 is 1.11 bits per heavy atom. The van der Waals surface area contributed by atoms with Crippen LogP contribution >= 0.6 is 0 Å². The lowest BCUT2D eigenvalue weighted by molar-refractivity contribution is 0.635. The van der Waals surface area contributed by atoms with E-state index in [1.807, 2.05) is 0 Å². The molecule has 0 fully saturated rings. The smallest absolute Gasteiger partial charge is 0.0462 e. The quantitative estimate of drug-likeness (QED) is 0.128. The summed E-state index contributed by atoms with van der Waals surface area (Å²) < 4.78 is 0. The van der Waals surface area contributed by atoms with E-state index in [-0.39, 0.29) is 0 Å². The molecule has 0 aliphatic heterocycles. The number of allylic oxidation sites excluding steroid dienone is 8. The van der Waals surface area contributed by atoms with E-state index in [2.05, 4.69) is 272 Å². The second kappa shape index (κ2) is 18.3. The summed E-state index contributed by atoms with van der Waals surface area (Å²) in [7, 11) is 0. The monoisotopic (exact) mass is 824 g/mol. The first-order chi connectivity index (χ1) is 31.6. The Kier molecular flexibility index (Phi) is 11.6. The molecule has 3 atom stereocenters.